The van der Waals surface area contributed by atoms with E-state index in [-0.39, 0.29) is 12.0 Å². The van der Waals surface area contributed by atoms with E-state index in [1.54, 1.807) is 25.3 Å². The minimum Gasteiger partial charge on any atom is -0.497 e. The Morgan fingerprint density at radius 1 is 1.12 bits per heavy atom. The van der Waals surface area contributed by atoms with Gasteiger partial charge in [-0.1, -0.05) is 35.9 Å². The fourth-order valence-corrected chi connectivity index (χ4v) is 4.69. The van der Waals surface area contributed by atoms with Crippen molar-refractivity contribution >= 4 is 10.0 Å². The van der Waals surface area contributed by atoms with E-state index >= 15 is 0 Å². The largest absolute Gasteiger partial charge is 0.497 e. The number of rotatable bonds is 5. The molecule has 5 heteroatoms. The van der Waals surface area contributed by atoms with E-state index in [0.717, 1.165) is 16.9 Å². The van der Waals surface area contributed by atoms with E-state index in [1.807, 2.05) is 43.3 Å². The fourth-order valence-electron chi connectivity index (χ4n) is 3.03. The number of nitrogens with zero attached hydrogens (tertiary/aromatic N) is 1. The summed E-state index contributed by atoms with van der Waals surface area (Å²) < 4.78 is 32.3. The van der Waals surface area contributed by atoms with Gasteiger partial charge in [0, 0.05) is 12.5 Å². The van der Waals surface area contributed by atoms with E-state index in [1.165, 1.54) is 4.31 Å². The molecule has 0 saturated carbocycles. The first-order chi connectivity index (χ1) is 11.5. The van der Waals surface area contributed by atoms with Crippen molar-refractivity contribution < 1.29 is 13.2 Å². The third kappa shape index (κ3) is 2.85. The van der Waals surface area contributed by atoms with Gasteiger partial charge in [-0.3, -0.25) is 0 Å². The van der Waals surface area contributed by atoms with Crippen LogP contribution in [0.1, 0.15) is 17.0 Å². The second kappa shape index (κ2) is 6.42. The molecule has 0 aromatic heterocycles. The predicted molar refractivity (Wildman–Crippen MR) is 94.8 cm³/mol. The smallest absolute Gasteiger partial charge is 0.243 e. The molecule has 126 valence electrons. The van der Waals surface area contributed by atoms with Gasteiger partial charge in [0.1, 0.15) is 5.75 Å². The maximum absolute atomic E-state index is 12.8. The molecule has 2 aromatic carbocycles. The van der Waals surface area contributed by atoms with Crippen LogP contribution in [0.2, 0.25) is 0 Å². The number of ether oxygens (including phenoxy) is 1. The highest BCUT2D eigenvalue weighted by Gasteiger charge is 2.45. The van der Waals surface area contributed by atoms with Crippen LogP contribution in [0, 0.1) is 6.92 Å². The zero-order valence-electron chi connectivity index (χ0n) is 13.8. The third-order valence-corrected chi connectivity index (χ3v) is 6.41. The van der Waals surface area contributed by atoms with Gasteiger partial charge in [-0.2, -0.15) is 4.31 Å². The van der Waals surface area contributed by atoms with E-state index < -0.39 is 10.0 Å². The molecule has 1 saturated heterocycles. The van der Waals surface area contributed by atoms with E-state index in [4.69, 9.17) is 4.74 Å². The summed E-state index contributed by atoms with van der Waals surface area (Å²) >= 11 is 0. The lowest BCUT2D eigenvalue weighted by atomic mass is 9.85. The Balaban J connectivity index is 1.83. The molecule has 1 aliphatic rings. The highest BCUT2D eigenvalue weighted by atomic mass is 32.2. The SMILES string of the molecule is C=C[C@H]1[C@H](c2ccc(OC)cc2)CN1S(=O)(=O)c1ccc(C)cc1. The molecule has 3 rings (SSSR count). The van der Waals surface area contributed by atoms with Crippen molar-refractivity contribution in [1.29, 1.82) is 0 Å². The lowest BCUT2D eigenvalue weighted by molar-refractivity contribution is 0.199. The molecule has 0 radical (unpaired) electrons. The molecule has 1 aliphatic heterocycles. The minimum absolute atomic E-state index is 0.119. The molecular weight excluding hydrogens is 322 g/mol. The highest BCUT2D eigenvalue weighted by Crippen LogP contribution is 2.39. The summed E-state index contributed by atoms with van der Waals surface area (Å²) in [6, 6.07) is 14.5. The highest BCUT2D eigenvalue weighted by molar-refractivity contribution is 7.89. The Kier molecular flexibility index (Phi) is 4.47. The number of aryl methyl sites for hydroxylation is 1. The molecule has 2 aromatic rings. The van der Waals surface area contributed by atoms with Gasteiger partial charge in [-0.05, 0) is 36.8 Å². The molecule has 2 atom stereocenters. The molecule has 4 nitrogen and oxygen atoms in total. The topological polar surface area (TPSA) is 46.6 Å². The first kappa shape index (κ1) is 16.7. The zero-order valence-corrected chi connectivity index (χ0v) is 14.7. The number of methoxy groups -OCH3 is 1. The first-order valence-electron chi connectivity index (χ1n) is 7.82. The molecule has 0 aliphatic carbocycles. The van der Waals surface area contributed by atoms with Crippen molar-refractivity contribution in [1.82, 2.24) is 4.31 Å². The molecule has 0 N–H and O–H groups in total. The normalized spacial score (nSPS) is 21.1. The van der Waals surface area contributed by atoms with Gasteiger partial charge < -0.3 is 4.74 Å². The lowest BCUT2D eigenvalue weighted by Gasteiger charge is -2.45. The van der Waals surface area contributed by atoms with Crippen molar-refractivity contribution in [2.45, 2.75) is 23.8 Å². The summed E-state index contributed by atoms with van der Waals surface area (Å²) in [4.78, 5) is 0.327. The van der Waals surface area contributed by atoms with Crippen molar-refractivity contribution in [3.05, 3.63) is 72.3 Å². The van der Waals surface area contributed by atoms with E-state index in [9.17, 15) is 8.42 Å². The molecule has 0 spiro atoms. The zero-order chi connectivity index (χ0) is 17.3. The lowest BCUT2D eigenvalue weighted by Crippen LogP contribution is -2.55. The Labute approximate surface area is 143 Å². The van der Waals surface area contributed by atoms with Crippen LogP contribution < -0.4 is 4.74 Å². The van der Waals surface area contributed by atoms with Gasteiger partial charge in [0.2, 0.25) is 10.0 Å². The van der Waals surface area contributed by atoms with Crippen molar-refractivity contribution in [3.8, 4) is 5.75 Å². The molecule has 1 heterocycles. The van der Waals surface area contributed by atoms with Gasteiger partial charge in [-0.15, -0.1) is 6.58 Å². The van der Waals surface area contributed by atoms with Crippen molar-refractivity contribution in [3.63, 3.8) is 0 Å². The molecular formula is C19H21NO3S. The van der Waals surface area contributed by atoms with E-state index in [0.29, 0.717) is 11.4 Å². The molecule has 0 bridgehead atoms. The first-order valence-corrected chi connectivity index (χ1v) is 9.26. The maximum atomic E-state index is 12.8. The van der Waals surface area contributed by atoms with Gasteiger partial charge in [0.05, 0.1) is 18.0 Å². The van der Waals surface area contributed by atoms with Crippen LogP contribution in [-0.4, -0.2) is 32.4 Å². The van der Waals surface area contributed by atoms with Gasteiger partial charge in [0.25, 0.3) is 0 Å². The Bertz CT molecular complexity index is 826. The summed E-state index contributed by atoms with van der Waals surface area (Å²) in [7, 11) is -1.87. The Morgan fingerprint density at radius 3 is 2.29 bits per heavy atom. The number of sulfonamides is 1. The van der Waals surface area contributed by atoms with Crippen LogP contribution in [0.15, 0.2) is 66.1 Å². The summed E-state index contributed by atoms with van der Waals surface area (Å²) in [6.45, 7) is 6.23. The fraction of sp³-hybridized carbons (Fsp3) is 0.263. The summed E-state index contributed by atoms with van der Waals surface area (Å²) in [5, 5.41) is 0. The van der Waals surface area contributed by atoms with Gasteiger partial charge >= 0.3 is 0 Å². The number of hydrogen-bond donors (Lipinski definition) is 0. The number of benzene rings is 2. The van der Waals surface area contributed by atoms with E-state index in [2.05, 4.69) is 6.58 Å². The molecule has 24 heavy (non-hydrogen) atoms. The number of hydrogen-bond acceptors (Lipinski definition) is 3. The average molecular weight is 343 g/mol. The van der Waals surface area contributed by atoms with Crippen LogP contribution in [-0.2, 0) is 10.0 Å². The van der Waals surface area contributed by atoms with Crippen LogP contribution >= 0.6 is 0 Å². The Morgan fingerprint density at radius 2 is 1.75 bits per heavy atom. The van der Waals surface area contributed by atoms with Crippen LogP contribution in [0.5, 0.6) is 5.75 Å². The standard InChI is InChI=1S/C19H21NO3S/c1-4-19-18(15-7-9-16(23-3)10-8-15)13-20(19)24(21,22)17-11-5-14(2)6-12-17/h4-12,18-19H,1,13H2,2-3H3/t18-,19-/m0/s1. The maximum Gasteiger partial charge on any atom is 0.243 e. The second-order valence-electron chi connectivity index (χ2n) is 5.99. The third-order valence-electron chi connectivity index (χ3n) is 4.53. The predicted octanol–water partition coefficient (Wildman–Crippen LogP) is 3.35. The molecule has 0 amide bonds. The quantitative estimate of drug-likeness (QED) is 0.782. The molecule has 1 fully saturated rings. The summed E-state index contributed by atoms with van der Waals surface area (Å²) in [5.74, 6) is 0.908. The van der Waals surface area contributed by atoms with Crippen molar-refractivity contribution in [2.24, 2.45) is 0 Å². The van der Waals surface area contributed by atoms with Gasteiger partial charge in [0.15, 0.2) is 0 Å². The van der Waals surface area contributed by atoms with Crippen LogP contribution in [0.4, 0.5) is 0 Å². The van der Waals surface area contributed by atoms with Crippen LogP contribution in [0.25, 0.3) is 0 Å². The minimum atomic E-state index is -3.50. The molecule has 0 unspecified atom stereocenters. The Hall–Kier alpha value is -2.11. The monoisotopic (exact) mass is 343 g/mol. The van der Waals surface area contributed by atoms with Crippen LogP contribution in [0.3, 0.4) is 0 Å². The second-order valence-corrected chi connectivity index (χ2v) is 7.88. The summed E-state index contributed by atoms with van der Waals surface area (Å²) in [5.41, 5.74) is 2.13. The van der Waals surface area contributed by atoms with Gasteiger partial charge in [-0.25, -0.2) is 8.42 Å². The van der Waals surface area contributed by atoms with Crippen molar-refractivity contribution in [2.75, 3.05) is 13.7 Å². The summed E-state index contributed by atoms with van der Waals surface area (Å²) in [6.07, 6.45) is 1.71. The average Bonchev–Trinajstić information content (AvgIpc) is 2.55.